The zero-order valence-electron chi connectivity index (χ0n) is 8.56. The molecule has 0 bridgehead atoms. The minimum atomic E-state index is -0.441. The number of hydrogen-bond donors (Lipinski definition) is 2. The second kappa shape index (κ2) is 5.18. The van der Waals surface area contributed by atoms with Crippen molar-refractivity contribution in [2.75, 3.05) is 5.32 Å². The van der Waals surface area contributed by atoms with Crippen LogP contribution in [0.3, 0.4) is 0 Å². The van der Waals surface area contributed by atoms with Gasteiger partial charge in [0.15, 0.2) is 5.13 Å². The average Bonchev–Trinajstić information content (AvgIpc) is 2.54. The molecule has 1 heterocycles. The molecular formula is C9H13N3OS2. The van der Waals surface area contributed by atoms with E-state index in [1.54, 1.807) is 11.6 Å². The summed E-state index contributed by atoms with van der Waals surface area (Å²) in [5, 5.41) is 5.05. The largest absolute Gasteiger partial charge is 0.393 e. The predicted octanol–water partition coefficient (Wildman–Crippen LogP) is 1.64. The van der Waals surface area contributed by atoms with Gasteiger partial charge in [-0.25, -0.2) is 4.98 Å². The Kier molecular flexibility index (Phi) is 4.16. The van der Waals surface area contributed by atoms with Gasteiger partial charge in [-0.05, 0) is 5.92 Å². The van der Waals surface area contributed by atoms with Crippen LogP contribution in [-0.4, -0.2) is 15.9 Å². The third-order valence-corrected chi connectivity index (χ3v) is 2.86. The van der Waals surface area contributed by atoms with Crippen LogP contribution in [0.4, 0.5) is 5.13 Å². The summed E-state index contributed by atoms with van der Waals surface area (Å²) >= 11 is 6.23. The second-order valence-electron chi connectivity index (χ2n) is 3.45. The number of thiocarbonyl (C=S) groups is 1. The molecule has 1 rings (SSSR count). The number of amides is 1. The van der Waals surface area contributed by atoms with Crippen LogP contribution in [0.1, 0.15) is 13.8 Å². The van der Waals surface area contributed by atoms with Crippen molar-refractivity contribution >= 4 is 39.6 Å². The maximum absolute atomic E-state index is 11.8. The molecule has 0 aromatic carbocycles. The number of carbonyl (C=O) groups excluding carboxylic acids is 1. The number of nitrogens with zero attached hydrogens (tertiary/aromatic N) is 1. The monoisotopic (exact) mass is 243 g/mol. The Bertz CT molecular complexity index is 348. The quantitative estimate of drug-likeness (QED) is 0.789. The highest BCUT2D eigenvalue weighted by atomic mass is 32.1. The highest BCUT2D eigenvalue weighted by molar-refractivity contribution is 7.80. The molecule has 1 amide bonds. The van der Waals surface area contributed by atoms with Crippen molar-refractivity contribution < 1.29 is 4.79 Å². The normalized spacial score (nSPS) is 12.5. The van der Waals surface area contributed by atoms with Crippen LogP contribution in [0.25, 0.3) is 0 Å². The average molecular weight is 243 g/mol. The van der Waals surface area contributed by atoms with Crippen LogP contribution >= 0.6 is 23.6 Å². The zero-order chi connectivity index (χ0) is 11.4. The maximum atomic E-state index is 11.8. The van der Waals surface area contributed by atoms with Gasteiger partial charge >= 0.3 is 0 Å². The van der Waals surface area contributed by atoms with Gasteiger partial charge in [-0.3, -0.25) is 4.79 Å². The standard InChI is InChI=1S/C9H13N3OS2/c1-5(2)6(7(10)14)8(13)12-9-11-3-4-15-9/h3-6H,1-2H3,(H2,10,14)(H,11,12,13). The van der Waals surface area contributed by atoms with E-state index in [4.69, 9.17) is 18.0 Å². The number of nitrogens with two attached hydrogens (primary N) is 1. The van der Waals surface area contributed by atoms with Gasteiger partial charge in [-0.1, -0.05) is 26.1 Å². The van der Waals surface area contributed by atoms with E-state index in [0.717, 1.165) is 0 Å². The molecule has 1 atom stereocenters. The summed E-state index contributed by atoms with van der Waals surface area (Å²) in [7, 11) is 0. The molecule has 0 aliphatic carbocycles. The van der Waals surface area contributed by atoms with Crippen LogP contribution in [0, 0.1) is 11.8 Å². The molecule has 6 heteroatoms. The fourth-order valence-electron chi connectivity index (χ4n) is 1.23. The molecule has 0 saturated heterocycles. The number of nitrogens with one attached hydrogen (secondary N) is 1. The minimum absolute atomic E-state index is 0.0856. The Morgan fingerprint density at radius 2 is 2.33 bits per heavy atom. The molecule has 3 N–H and O–H groups in total. The van der Waals surface area contributed by atoms with E-state index in [0.29, 0.717) is 5.13 Å². The van der Waals surface area contributed by atoms with Crippen LogP contribution in [0.15, 0.2) is 11.6 Å². The molecular weight excluding hydrogens is 230 g/mol. The Morgan fingerprint density at radius 1 is 1.67 bits per heavy atom. The summed E-state index contributed by atoms with van der Waals surface area (Å²) < 4.78 is 0. The number of rotatable bonds is 4. The van der Waals surface area contributed by atoms with E-state index >= 15 is 0 Å². The van der Waals surface area contributed by atoms with Crippen molar-refractivity contribution in [1.29, 1.82) is 0 Å². The van der Waals surface area contributed by atoms with E-state index in [1.807, 2.05) is 13.8 Å². The lowest BCUT2D eigenvalue weighted by molar-refractivity contribution is -0.118. The van der Waals surface area contributed by atoms with Gasteiger partial charge in [0.2, 0.25) is 5.91 Å². The summed E-state index contributed by atoms with van der Waals surface area (Å²) in [5.41, 5.74) is 5.52. The summed E-state index contributed by atoms with van der Waals surface area (Å²) in [6.45, 7) is 3.82. The first-order chi connectivity index (χ1) is 7.02. The molecule has 0 aliphatic heterocycles. The number of thiazole rings is 1. The lowest BCUT2D eigenvalue weighted by Gasteiger charge is -2.17. The Hall–Kier alpha value is -1.01. The van der Waals surface area contributed by atoms with Gasteiger partial charge in [-0.2, -0.15) is 0 Å². The van der Waals surface area contributed by atoms with E-state index in [9.17, 15) is 4.79 Å². The third kappa shape index (κ3) is 3.24. The first-order valence-electron chi connectivity index (χ1n) is 4.52. The van der Waals surface area contributed by atoms with Crippen LogP contribution in [0.5, 0.6) is 0 Å². The molecule has 0 spiro atoms. The van der Waals surface area contributed by atoms with E-state index in [-0.39, 0.29) is 16.8 Å². The molecule has 82 valence electrons. The lowest BCUT2D eigenvalue weighted by Crippen LogP contribution is -2.36. The first kappa shape index (κ1) is 12.1. The van der Waals surface area contributed by atoms with Crippen molar-refractivity contribution in [1.82, 2.24) is 4.98 Å². The smallest absolute Gasteiger partial charge is 0.236 e. The number of anilines is 1. The summed E-state index contributed by atoms with van der Waals surface area (Å²) in [6, 6.07) is 0. The van der Waals surface area contributed by atoms with Crippen molar-refractivity contribution in [3.05, 3.63) is 11.6 Å². The fraction of sp³-hybridized carbons (Fsp3) is 0.444. The van der Waals surface area contributed by atoms with E-state index in [1.165, 1.54) is 11.3 Å². The van der Waals surface area contributed by atoms with Gasteiger partial charge < -0.3 is 11.1 Å². The van der Waals surface area contributed by atoms with Crippen LogP contribution < -0.4 is 11.1 Å². The van der Waals surface area contributed by atoms with Crippen molar-refractivity contribution in [3.8, 4) is 0 Å². The molecule has 15 heavy (non-hydrogen) atoms. The van der Waals surface area contributed by atoms with Gasteiger partial charge in [0.1, 0.15) is 0 Å². The highest BCUT2D eigenvalue weighted by Gasteiger charge is 2.25. The summed E-state index contributed by atoms with van der Waals surface area (Å²) in [5.74, 6) is -0.543. The first-order valence-corrected chi connectivity index (χ1v) is 5.81. The molecule has 1 aromatic rings. The molecule has 0 fully saturated rings. The number of hydrogen-bond acceptors (Lipinski definition) is 4. The van der Waals surface area contributed by atoms with Crippen LogP contribution in [-0.2, 0) is 4.79 Å². The topological polar surface area (TPSA) is 68.0 Å². The fourth-order valence-corrected chi connectivity index (χ4v) is 2.14. The minimum Gasteiger partial charge on any atom is -0.393 e. The Morgan fingerprint density at radius 3 is 2.73 bits per heavy atom. The van der Waals surface area contributed by atoms with Gasteiger partial charge in [0.25, 0.3) is 0 Å². The molecule has 1 unspecified atom stereocenters. The molecule has 0 radical (unpaired) electrons. The van der Waals surface area contributed by atoms with Gasteiger partial charge in [-0.15, -0.1) is 11.3 Å². The Labute approximate surface area is 97.9 Å². The Balaban J connectivity index is 2.69. The van der Waals surface area contributed by atoms with Crippen LogP contribution in [0.2, 0.25) is 0 Å². The zero-order valence-corrected chi connectivity index (χ0v) is 10.2. The van der Waals surface area contributed by atoms with Gasteiger partial charge in [0, 0.05) is 11.6 Å². The second-order valence-corrected chi connectivity index (χ2v) is 4.82. The van der Waals surface area contributed by atoms with E-state index in [2.05, 4.69) is 10.3 Å². The highest BCUT2D eigenvalue weighted by Crippen LogP contribution is 2.16. The number of carbonyl (C=O) groups is 1. The van der Waals surface area contributed by atoms with Crippen molar-refractivity contribution in [3.63, 3.8) is 0 Å². The van der Waals surface area contributed by atoms with E-state index < -0.39 is 5.92 Å². The predicted molar refractivity (Wildman–Crippen MR) is 65.9 cm³/mol. The number of aromatic nitrogens is 1. The summed E-state index contributed by atoms with van der Waals surface area (Å²) in [6.07, 6.45) is 1.63. The third-order valence-electron chi connectivity index (χ3n) is 1.92. The molecule has 0 aliphatic rings. The van der Waals surface area contributed by atoms with Crippen molar-refractivity contribution in [2.24, 2.45) is 17.6 Å². The maximum Gasteiger partial charge on any atom is 0.236 e. The summed E-state index contributed by atoms with van der Waals surface area (Å²) in [4.78, 5) is 16.0. The SMILES string of the molecule is CC(C)C(C(=O)Nc1nccs1)C(N)=S. The van der Waals surface area contributed by atoms with Crippen molar-refractivity contribution in [2.45, 2.75) is 13.8 Å². The molecule has 1 aromatic heterocycles. The molecule has 4 nitrogen and oxygen atoms in total. The van der Waals surface area contributed by atoms with Gasteiger partial charge in [0.05, 0.1) is 10.9 Å². The molecule has 0 saturated carbocycles. The lowest BCUT2D eigenvalue weighted by atomic mass is 9.95.